The Labute approximate surface area is 191 Å². The summed E-state index contributed by atoms with van der Waals surface area (Å²) in [6.45, 7) is 3.77. The van der Waals surface area contributed by atoms with Gasteiger partial charge in [0.15, 0.2) is 0 Å². The van der Waals surface area contributed by atoms with E-state index in [1.165, 1.54) is 0 Å². The molecular weight excluding hydrogens is 416 g/mol. The van der Waals surface area contributed by atoms with Crippen molar-refractivity contribution in [1.29, 1.82) is 0 Å². The minimum Gasteiger partial charge on any atom is -0.497 e. The van der Waals surface area contributed by atoms with Gasteiger partial charge < -0.3 is 15.2 Å². The maximum Gasteiger partial charge on any atom is 0.147 e. The number of aromatic nitrogens is 5. The number of aliphatic hydroxyl groups is 1. The van der Waals surface area contributed by atoms with Crippen LogP contribution in [0.4, 0.5) is 11.4 Å². The summed E-state index contributed by atoms with van der Waals surface area (Å²) >= 11 is 0. The first-order chi connectivity index (χ1) is 16.1. The van der Waals surface area contributed by atoms with Crippen LogP contribution in [-0.4, -0.2) is 36.8 Å². The predicted octanol–water partition coefficient (Wildman–Crippen LogP) is 4.47. The van der Waals surface area contributed by atoms with Crippen LogP contribution in [0.1, 0.15) is 17.1 Å². The summed E-state index contributed by atoms with van der Waals surface area (Å²) in [6, 6.07) is 19.7. The SMILES string of the molecule is COc1cccc(-n2nc3c(Nc4ccc(-n5cnc(C)n5)c(CO)c4)cccc3c2C)c1. The van der Waals surface area contributed by atoms with Crippen molar-refractivity contribution in [3.05, 3.63) is 84.1 Å². The van der Waals surface area contributed by atoms with Crippen molar-refractivity contribution in [1.82, 2.24) is 24.5 Å². The van der Waals surface area contributed by atoms with Crippen molar-refractivity contribution in [3.63, 3.8) is 0 Å². The van der Waals surface area contributed by atoms with Gasteiger partial charge in [0, 0.05) is 28.4 Å². The van der Waals surface area contributed by atoms with Gasteiger partial charge in [-0.05, 0) is 50.2 Å². The molecule has 0 atom stereocenters. The largest absolute Gasteiger partial charge is 0.497 e. The Bertz CT molecular complexity index is 1450. The van der Waals surface area contributed by atoms with Crippen LogP contribution in [0, 0.1) is 13.8 Å². The molecule has 8 heteroatoms. The molecule has 0 radical (unpaired) electrons. The lowest BCUT2D eigenvalue weighted by atomic mass is 10.1. The summed E-state index contributed by atoms with van der Waals surface area (Å²) < 4.78 is 8.97. The van der Waals surface area contributed by atoms with Crippen LogP contribution in [0.5, 0.6) is 5.75 Å². The number of hydrogen-bond acceptors (Lipinski definition) is 6. The standard InChI is InChI=1S/C25H24N6O2/c1-16-22-8-5-9-23(25(22)29-31(16)20-6-4-7-21(13-20)33-3)27-19-10-11-24(18(12-19)14-32)30-15-26-17(2)28-30/h4-13,15,27,32H,14H2,1-3H3. The van der Waals surface area contributed by atoms with Gasteiger partial charge in [-0.1, -0.05) is 18.2 Å². The van der Waals surface area contributed by atoms with E-state index in [1.807, 2.05) is 66.2 Å². The van der Waals surface area contributed by atoms with Gasteiger partial charge in [0.2, 0.25) is 0 Å². The number of nitrogens with one attached hydrogen (secondary N) is 1. The van der Waals surface area contributed by atoms with Crippen molar-refractivity contribution >= 4 is 22.3 Å². The fourth-order valence-corrected chi connectivity index (χ4v) is 3.96. The van der Waals surface area contributed by atoms with Crippen molar-refractivity contribution in [2.45, 2.75) is 20.5 Å². The van der Waals surface area contributed by atoms with E-state index in [2.05, 4.69) is 28.4 Å². The highest BCUT2D eigenvalue weighted by molar-refractivity contribution is 5.94. The van der Waals surface area contributed by atoms with Crippen molar-refractivity contribution in [2.75, 3.05) is 12.4 Å². The summed E-state index contributed by atoms with van der Waals surface area (Å²) in [5, 5.41) is 23.7. The van der Waals surface area contributed by atoms with Crippen LogP contribution in [0.25, 0.3) is 22.3 Å². The number of ether oxygens (including phenoxy) is 1. The number of hydrogen-bond donors (Lipinski definition) is 2. The Morgan fingerprint density at radius 2 is 1.85 bits per heavy atom. The molecule has 0 aliphatic heterocycles. The molecule has 8 nitrogen and oxygen atoms in total. The number of anilines is 2. The summed E-state index contributed by atoms with van der Waals surface area (Å²) in [6.07, 6.45) is 1.64. The maximum absolute atomic E-state index is 9.94. The third-order valence-electron chi connectivity index (χ3n) is 5.62. The normalized spacial score (nSPS) is 11.2. The second kappa shape index (κ2) is 8.40. The Kier molecular flexibility index (Phi) is 5.27. The molecule has 0 aliphatic carbocycles. The molecule has 5 aromatic rings. The zero-order chi connectivity index (χ0) is 22.9. The molecule has 0 amide bonds. The van der Waals surface area contributed by atoms with E-state index in [0.29, 0.717) is 5.82 Å². The monoisotopic (exact) mass is 440 g/mol. The molecule has 0 saturated heterocycles. The van der Waals surface area contributed by atoms with E-state index in [-0.39, 0.29) is 6.61 Å². The summed E-state index contributed by atoms with van der Waals surface area (Å²) in [7, 11) is 1.66. The van der Waals surface area contributed by atoms with Crippen LogP contribution >= 0.6 is 0 Å². The smallest absolute Gasteiger partial charge is 0.147 e. The van der Waals surface area contributed by atoms with Crippen molar-refractivity contribution < 1.29 is 9.84 Å². The first-order valence-electron chi connectivity index (χ1n) is 10.6. The van der Waals surface area contributed by atoms with E-state index < -0.39 is 0 Å². The number of aliphatic hydroxyl groups excluding tert-OH is 1. The van der Waals surface area contributed by atoms with E-state index in [0.717, 1.165) is 50.7 Å². The second-order valence-electron chi connectivity index (χ2n) is 7.76. The van der Waals surface area contributed by atoms with Crippen LogP contribution in [-0.2, 0) is 6.61 Å². The van der Waals surface area contributed by atoms with E-state index in [4.69, 9.17) is 9.84 Å². The first kappa shape index (κ1) is 20.7. The number of fused-ring (bicyclic) bond motifs is 1. The van der Waals surface area contributed by atoms with E-state index in [9.17, 15) is 5.11 Å². The number of rotatable bonds is 6. The minimum absolute atomic E-state index is 0.114. The quantitative estimate of drug-likeness (QED) is 0.405. The minimum atomic E-state index is -0.114. The molecule has 166 valence electrons. The molecule has 0 spiro atoms. The second-order valence-corrected chi connectivity index (χ2v) is 7.76. The highest BCUT2D eigenvalue weighted by Gasteiger charge is 2.14. The van der Waals surface area contributed by atoms with Crippen LogP contribution in [0.2, 0.25) is 0 Å². The van der Waals surface area contributed by atoms with E-state index >= 15 is 0 Å². The zero-order valence-electron chi connectivity index (χ0n) is 18.6. The molecule has 0 unspecified atom stereocenters. The zero-order valence-corrected chi connectivity index (χ0v) is 18.6. The Balaban J connectivity index is 1.53. The molecule has 0 aliphatic rings. The molecule has 2 N–H and O–H groups in total. The first-order valence-corrected chi connectivity index (χ1v) is 10.6. The van der Waals surface area contributed by atoms with E-state index in [1.54, 1.807) is 18.1 Å². The Morgan fingerprint density at radius 3 is 2.61 bits per heavy atom. The number of benzene rings is 3. The highest BCUT2D eigenvalue weighted by atomic mass is 16.5. The number of nitrogens with zero attached hydrogens (tertiary/aromatic N) is 5. The molecular formula is C25H24N6O2. The van der Waals surface area contributed by atoms with Gasteiger partial charge in [-0.15, -0.1) is 0 Å². The molecule has 3 aromatic carbocycles. The fraction of sp³-hybridized carbons (Fsp3) is 0.160. The topological polar surface area (TPSA) is 90.0 Å². The van der Waals surface area contributed by atoms with Gasteiger partial charge in [0.05, 0.1) is 30.8 Å². The van der Waals surface area contributed by atoms with Gasteiger partial charge in [-0.25, -0.2) is 14.3 Å². The molecule has 33 heavy (non-hydrogen) atoms. The average molecular weight is 441 g/mol. The Hall–Kier alpha value is -4.17. The van der Waals surface area contributed by atoms with Gasteiger partial charge in [-0.3, -0.25) is 0 Å². The van der Waals surface area contributed by atoms with Crippen molar-refractivity contribution in [3.8, 4) is 17.1 Å². The Morgan fingerprint density at radius 1 is 1.00 bits per heavy atom. The third-order valence-corrected chi connectivity index (χ3v) is 5.62. The lowest BCUT2D eigenvalue weighted by Gasteiger charge is -2.12. The lowest BCUT2D eigenvalue weighted by Crippen LogP contribution is -2.02. The molecule has 2 aromatic heterocycles. The van der Waals surface area contributed by atoms with Crippen LogP contribution < -0.4 is 10.1 Å². The number of methoxy groups -OCH3 is 1. The fourth-order valence-electron chi connectivity index (χ4n) is 3.96. The molecule has 2 heterocycles. The molecule has 5 rings (SSSR count). The van der Waals surface area contributed by atoms with Gasteiger partial charge in [-0.2, -0.15) is 10.2 Å². The van der Waals surface area contributed by atoms with Gasteiger partial charge in [0.25, 0.3) is 0 Å². The predicted molar refractivity (Wildman–Crippen MR) is 128 cm³/mol. The third kappa shape index (κ3) is 3.81. The molecule has 0 saturated carbocycles. The van der Waals surface area contributed by atoms with Crippen LogP contribution in [0.3, 0.4) is 0 Å². The molecule has 0 bridgehead atoms. The molecule has 0 fully saturated rings. The maximum atomic E-state index is 9.94. The number of aryl methyl sites for hydroxylation is 2. The summed E-state index contributed by atoms with van der Waals surface area (Å²) in [4.78, 5) is 4.18. The highest BCUT2D eigenvalue weighted by Crippen LogP contribution is 2.31. The van der Waals surface area contributed by atoms with Crippen LogP contribution in [0.15, 0.2) is 67.0 Å². The average Bonchev–Trinajstić information content (AvgIpc) is 3.43. The summed E-state index contributed by atoms with van der Waals surface area (Å²) in [5.74, 6) is 1.46. The van der Waals surface area contributed by atoms with Gasteiger partial charge in [0.1, 0.15) is 23.4 Å². The van der Waals surface area contributed by atoms with Crippen molar-refractivity contribution in [2.24, 2.45) is 0 Å². The summed E-state index contributed by atoms with van der Waals surface area (Å²) in [5.41, 5.74) is 6.10. The van der Waals surface area contributed by atoms with Gasteiger partial charge >= 0.3 is 0 Å². The lowest BCUT2D eigenvalue weighted by molar-refractivity contribution is 0.281.